The average Bonchev–Trinajstić information content (AvgIpc) is 2.50. The van der Waals surface area contributed by atoms with E-state index in [1.165, 1.54) is 12.1 Å². The van der Waals surface area contributed by atoms with Crippen molar-refractivity contribution >= 4 is 18.7 Å². The highest BCUT2D eigenvalue weighted by Gasteiger charge is 2.31. The van der Waals surface area contributed by atoms with E-state index in [4.69, 9.17) is 19.1 Å². The number of ketones is 1. The Balaban J connectivity index is 3.06. The molecule has 0 aliphatic heterocycles. The highest BCUT2D eigenvalue weighted by molar-refractivity contribution is 7.62. The van der Waals surface area contributed by atoms with Crippen LogP contribution in [0.1, 0.15) is 37.6 Å². The van der Waals surface area contributed by atoms with Crippen LogP contribution in [-0.4, -0.2) is 19.0 Å². The van der Waals surface area contributed by atoms with Crippen LogP contribution in [0.2, 0.25) is 0 Å². The van der Waals surface area contributed by atoms with Crippen molar-refractivity contribution in [1.82, 2.24) is 0 Å². The summed E-state index contributed by atoms with van der Waals surface area (Å²) in [7, 11) is -3.78. The van der Waals surface area contributed by atoms with Crippen LogP contribution in [0.25, 0.3) is 0 Å². The van der Waals surface area contributed by atoms with Crippen LogP contribution in [0.5, 0.6) is 0 Å². The molecule has 1 rings (SSSR count). The second-order valence-corrected chi connectivity index (χ2v) is 5.60. The quantitative estimate of drug-likeness (QED) is 0.302. The third-order valence-corrected chi connectivity index (χ3v) is 3.86. The monoisotopic (exact) mass is 302 g/mol. The summed E-state index contributed by atoms with van der Waals surface area (Å²) >= 11 is 0. The Bertz CT molecular complexity index is 476. The van der Waals surface area contributed by atoms with Crippen LogP contribution in [0.4, 0.5) is 0 Å². The molecule has 0 saturated heterocycles. The second kappa shape index (κ2) is 8.29. The van der Waals surface area contributed by atoms with E-state index in [0.717, 1.165) is 0 Å². The van der Waals surface area contributed by atoms with Gasteiger partial charge in [0.2, 0.25) is 0 Å². The SMILES string of the molecule is CCOOP(=O)(OOCC)c1cccc(C(=O)CC)c1. The standard InChI is InChI=1S/C13H19O6P/c1-4-13(14)11-8-7-9-12(10-11)20(15,18-16-5-2)19-17-6-3/h7-10H,4-6H2,1-3H3. The molecule has 0 aliphatic carbocycles. The van der Waals surface area contributed by atoms with Crippen molar-refractivity contribution in [2.24, 2.45) is 0 Å². The van der Waals surface area contributed by atoms with Crippen LogP contribution in [0.15, 0.2) is 24.3 Å². The predicted molar refractivity (Wildman–Crippen MR) is 73.7 cm³/mol. The smallest absolute Gasteiger partial charge is 0.294 e. The van der Waals surface area contributed by atoms with Gasteiger partial charge in [0.1, 0.15) is 0 Å². The van der Waals surface area contributed by atoms with Gasteiger partial charge >= 0.3 is 7.60 Å². The van der Waals surface area contributed by atoms with Crippen molar-refractivity contribution in [3.8, 4) is 0 Å². The van der Waals surface area contributed by atoms with Crippen LogP contribution in [0.3, 0.4) is 0 Å². The third-order valence-electron chi connectivity index (χ3n) is 2.34. The fourth-order valence-corrected chi connectivity index (χ4v) is 2.65. The van der Waals surface area contributed by atoms with Gasteiger partial charge in [-0.15, -0.1) is 9.35 Å². The summed E-state index contributed by atoms with van der Waals surface area (Å²) < 4.78 is 22.3. The molecule has 0 aliphatic rings. The number of carbonyl (C=O) groups is 1. The van der Waals surface area contributed by atoms with E-state index in [1.807, 2.05) is 0 Å². The summed E-state index contributed by atoms with van der Waals surface area (Å²) in [5.74, 6) is -0.0637. The zero-order valence-corrected chi connectivity index (χ0v) is 12.7. The molecule has 0 N–H and O–H groups in total. The Morgan fingerprint density at radius 3 is 2.20 bits per heavy atom. The number of hydrogen-bond donors (Lipinski definition) is 0. The first-order chi connectivity index (χ1) is 9.57. The summed E-state index contributed by atoms with van der Waals surface area (Å²) in [6.45, 7) is 5.52. The van der Waals surface area contributed by atoms with Gasteiger partial charge in [0.05, 0.1) is 18.5 Å². The van der Waals surface area contributed by atoms with Crippen molar-refractivity contribution in [3.63, 3.8) is 0 Å². The fourth-order valence-electron chi connectivity index (χ4n) is 1.40. The minimum absolute atomic E-state index is 0.0637. The fraction of sp³-hybridized carbons (Fsp3) is 0.462. The summed E-state index contributed by atoms with van der Waals surface area (Å²) in [5, 5.41) is 0.207. The van der Waals surface area contributed by atoms with Crippen molar-refractivity contribution in [3.05, 3.63) is 29.8 Å². The van der Waals surface area contributed by atoms with Gasteiger partial charge in [0.25, 0.3) is 0 Å². The molecule has 20 heavy (non-hydrogen) atoms. The molecule has 0 fully saturated rings. The van der Waals surface area contributed by atoms with Gasteiger partial charge in [-0.2, -0.15) is 0 Å². The molecule has 1 aromatic rings. The summed E-state index contributed by atoms with van der Waals surface area (Å²) in [6.07, 6.45) is 0.354. The molecule has 0 unspecified atom stereocenters. The van der Waals surface area contributed by atoms with E-state index in [2.05, 4.69) is 0 Å². The Kier molecular flexibility index (Phi) is 7.05. The van der Waals surface area contributed by atoms with Gasteiger partial charge in [0.15, 0.2) is 5.78 Å². The zero-order chi connectivity index (χ0) is 15.0. The van der Waals surface area contributed by atoms with Gasteiger partial charge in [-0.1, -0.05) is 19.1 Å². The minimum atomic E-state index is -3.78. The lowest BCUT2D eigenvalue weighted by Gasteiger charge is -2.16. The number of hydrogen-bond acceptors (Lipinski definition) is 6. The number of rotatable bonds is 9. The van der Waals surface area contributed by atoms with Crippen LogP contribution in [-0.2, 0) is 23.7 Å². The molecular weight excluding hydrogens is 283 g/mol. The molecular formula is C13H19O6P. The van der Waals surface area contributed by atoms with Crippen molar-refractivity contribution < 1.29 is 28.5 Å². The van der Waals surface area contributed by atoms with Crippen LogP contribution >= 0.6 is 7.60 Å². The van der Waals surface area contributed by atoms with E-state index in [9.17, 15) is 9.36 Å². The topological polar surface area (TPSA) is 71.1 Å². The van der Waals surface area contributed by atoms with Crippen molar-refractivity contribution in [1.29, 1.82) is 0 Å². The van der Waals surface area contributed by atoms with E-state index >= 15 is 0 Å². The zero-order valence-electron chi connectivity index (χ0n) is 11.8. The van der Waals surface area contributed by atoms with Gasteiger partial charge in [-0.3, -0.25) is 4.79 Å². The van der Waals surface area contributed by atoms with Gasteiger partial charge in [0, 0.05) is 12.0 Å². The molecule has 0 saturated carbocycles. The van der Waals surface area contributed by atoms with Crippen LogP contribution in [0, 0.1) is 0 Å². The molecule has 6 nitrogen and oxygen atoms in total. The van der Waals surface area contributed by atoms with Gasteiger partial charge < -0.3 is 0 Å². The van der Waals surface area contributed by atoms with E-state index < -0.39 is 7.60 Å². The van der Waals surface area contributed by atoms with Crippen molar-refractivity contribution in [2.45, 2.75) is 27.2 Å². The van der Waals surface area contributed by atoms with E-state index in [0.29, 0.717) is 12.0 Å². The summed E-state index contributed by atoms with van der Waals surface area (Å²) in [5.41, 5.74) is 0.436. The Morgan fingerprint density at radius 2 is 1.70 bits per heavy atom. The first kappa shape index (κ1) is 17.0. The Morgan fingerprint density at radius 1 is 1.10 bits per heavy atom. The van der Waals surface area contributed by atoms with Crippen molar-refractivity contribution in [2.75, 3.05) is 13.2 Å². The maximum absolute atomic E-state index is 12.6. The lowest BCUT2D eigenvalue weighted by molar-refractivity contribution is -0.260. The maximum atomic E-state index is 12.6. The molecule has 0 atom stereocenters. The average molecular weight is 302 g/mol. The molecule has 0 spiro atoms. The number of Topliss-reactive ketones (excluding diaryl/α,β-unsaturated/α-hetero) is 1. The molecule has 0 heterocycles. The van der Waals surface area contributed by atoms with Gasteiger partial charge in [-0.05, 0) is 26.0 Å². The molecule has 0 radical (unpaired) electrons. The largest absolute Gasteiger partial charge is 0.414 e. The third kappa shape index (κ3) is 4.51. The Hall–Kier alpha value is -1.04. The second-order valence-electron chi connectivity index (χ2n) is 3.79. The summed E-state index contributed by atoms with van der Waals surface area (Å²) in [6, 6.07) is 6.24. The molecule has 0 aromatic heterocycles. The first-order valence-corrected chi connectivity index (χ1v) is 7.98. The first-order valence-electron chi connectivity index (χ1n) is 6.43. The highest BCUT2D eigenvalue weighted by atomic mass is 31.2. The summed E-state index contributed by atoms with van der Waals surface area (Å²) in [4.78, 5) is 21.1. The van der Waals surface area contributed by atoms with E-state index in [-0.39, 0.29) is 24.3 Å². The normalized spacial score (nSPS) is 11.6. The van der Waals surface area contributed by atoms with E-state index in [1.54, 1.807) is 32.9 Å². The Labute approximate surface area is 118 Å². The molecule has 0 amide bonds. The molecule has 7 heteroatoms. The lowest BCUT2D eigenvalue weighted by atomic mass is 10.1. The number of carbonyl (C=O) groups excluding carboxylic acids is 1. The van der Waals surface area contributed by atoms with Crippen LogP contribution < -0.4 is 5.30 Å². The highest BCUT2D eigenvalue weighted by Crippen LogP contribution is 2.47. The predicted octanol–water partition coefficient (Wildman–Crippen LogP) is 3.03. The lowest BCUT2D eigenvalue weighted by Crippen LogP contribution is -2.13. The molecule has 1 aromatic carbocycles. The van der Waals surface area contributed by atoms with Gasteiger partial charge in [-0.25, -0.2) is 14.3 Å². The molecule has 0 bridgehead atoms. The maximum Gasteiger partial charge on any atom is 0.414 e. The minimum Gasteiger partial charge on any atom is -0.294 e. The molecule has 112 valence electrons. The number of benzene rings is 1.